The summed E-state index contributed by atoms with van der Waals surface area (Å²) in [5.74, 6) is 2.03. The highest BCUT2D eigenvalue weighted by atomic mass is 16.5. The van der Waals surface area contributed by atoms with Crippen molar-refractivity contribution >= 4 is 5.69 Å². The van der Waals surface area contributed by atoms with E-state index < -0.39 is 0 Å². The van der Waals surface area contributed by atoms with Crippen LogP contribution in [-0.4, -0.2) is 17.3 Å². The molecule has 0 fully saturated rings. The Kier molecular flexibility index (Phi) is 2.99. The van der Waals surface area contributed by atoms with Crippen molar-refractivity contribution in [3.05, 3.63) is 24.1 Å². The smallest absolute Gasteiger partial charge is 0.229 e. The second-order valence-corrected chi connectivity index (χ2v) is 4.06. The Bertz CT molecular complexity index is 520. The van der Waals surface area contributed by atoms with Crippen LogP contribution in [-0.2, 0) is 0 Å². The predicted molar refractivity (Wildman–Crippen MR) is 64.8 cm³/mol. The van der Waals surface area contributed by atoms with Crippen LogP contribution < -0.4 is 10.5 Å². The summed E-state index contributed by atoms with van der Waals surface area (Å²) in [6.07, 6.45) is 0. The van der Waals surface area contributed by atoms with Gasteiger partial charge in [0.05, 0.1) is 7.11 Å². The molecule has 17 heavy (non-hydrogen) atoms. The molecule has 0 radical (unpaired) electrons. The Morgan fingerprint density at radius 1 is 1.35 bits per heavy atom. The van der Waals surface area contributed by atoms with E-state index in [1.807, 2.05) is 26.0 Å². The quantitative estimate of drug-likeness (QED) is 0.824. The lowest BCUT2D eigenvalue weighted by Gasteiger charge is -2.04. The van der Waals surface area contributed by atoms with E-state index in [1.54, 1.807) is 13.2 Å². The minimum Gasteiger partial charge on any atom is -0.497 e. The van der Waals surface area contributed by atoms with Crippen LogP contribution in [0.25, 0.3) is 11.4 Å². The van der Waals surface area contributed by atoms with E-state index in [4.69, 9.17) is 15.0 Å². The summed E-state index contributed by atoms with van der Waals surface area (Å²) in [6.45, 7) is 3.99. The molecule has 0 saturated heterocycles. The molecular weight excluding hydrogens is 218 g/mol. The average Bonchev–Trinajstić information content (AvgIpc) is 2.78. The van der Waals surface area contributed by atoms with Crippen molar-refractivity contribution in [1.29, 1.82) is 0 Å². The monoisotopic (exact) mass is 233 g/mol. The van der Waals surface area contributed by atoms with E-state index in [1.165, 1.54) is 0 Å². The minimum atomic E-state index is 0.204. The van der Waals surface area contributed by atoms with Crippen LogP contribution in [0.15, 0.2) is 22.7 Å². The van der Waals surface area contributed by atoms with Crippen LogP contribution in [0.2, 0.25) is 0 Å². The number of rotatable bonds is 3. The summed E-state index contributed by atoms with van der Waals surface area (Å²) >= 11 is 0. The summed E-state index contributed by atoms with van der Waals surface area (Å²) in [5.41, 5.74) is 7.23. The number of methoxy groups -OCH3 is 1. The van der Waals surface area contributed by atoms with Crippen molar-refractivity contribution in [2.24, 2.45) is 0 Å². The zero-order valence-corrected chi connectivity index (χ0v) is 10.1. The molecule has 0 aliphatic carbocycles. The predicted octanol–water partition coefficient (Wildman–Crippen LogP) is 2.45. The number of nitrogen functional groups attached to an aromatic ring is 1. The van der Waals surface area contributed by atoms with Crippen molar-refractivity contribution < 1.29 is 9.26 Å². The Morgan fingerprint density at radius 3 is 2.65 bits per heavy atom. The van der Waals surface area contributed by atoms with E-state index in [-0.39, 0.29) is 5.92 Å². The number of nitrogens with zero attached hydrogens (tertiary/aromatic N) is 2. The Labute approximate surface area is 99.6 Å². The van der Waals surface area contributed by atoms with Gasteiger partial charge in [-0.2, -0.15) is 4.98 Å². The second-order valence-electron chi connectivity index (χ2n) is 4.06. The molecule has 0 amide bonds. The molecule has 0 saturated carbocycles. The first-order chi connectivity index (χ1) is 8.11. The fourth-order valence-corrected chi connectivity index (χ4v) is 1.45. The van der Waals surface area contributed by atoms with E-state index >= 15 is 0 Å². The first-order valence-corrected chi connectivity index (χ1v) is 5.39. The molecule has 2 aromatic rings. The first-order valence-electron chi connectivity index (χ1n) is 5.39. The number of nitrogens with two attached hydrogens (primary N) is 1. The van der Waals surface area contributed by atoms with Gasteiger partial charge in [-0.3, -0.25) is 0 Å². The van der Waals surface area contributed by atoms with Crippen LogP contribution in [0, 0.1) is 0 Å². The number of benzene rings is 1. The third-order valence-corrected chi connectivity index (χ3v) is 2.44. The number of anilines is 1. The van der Waals surface area contributed by atoms with Gasteiger partial charge in [0.15, 0.2) is 0 Å². The Balaban J connectivity index is 2.38. The van der Waals surface area contributed by atoms with Gasteiger partial charge < -0.3 is 15.0 Å². The molecule has 0 spiro atoms. The molecule has 0 unspecified atom stereocenters. The summed E-state index contributed by atoms with van der Waals surface area (Å²) < 4.78 is 10.2. The maximum absolute atomic E-state index is 5.91. The van der Waals surface area contributed by atoms with E-state index in [0.717, 1.165) is 5.56 Å². The molecular formula is C12H15N3O2. The Morgan fingerprint density at radius 2 is 2.12 bits per heavy atom. The number of ether oxygens (including phenoxy) is 1. The highest BCUT2D eigenvalue weighted by Crippen LogP contribution is 2.28. The third kappa shape index (κ3) is 2.22. The lowest BCUT2D eigenvalue weighted by atomic mass is 10.1. The fourth-order valence-electron chi connectivity index (χ4n) is 1.45. The molecule has 0 bridgehead atoms. The van der Waals surface area contributed by atoms with Crippen molar-refractivity contribution in [2.75, 3.05) is 12.8 Å². The van der Waals surface area contributed by atoms with Crippen LogP contribution in [0.4, 0.5) is 5.69 Å². The van der Waals surface area contributed by atoms with E-state index in [0.29, 0.717) is 23.2 Å². The van der Waals surface area contributed by atoms with Crippen LogP contribution in [0.1, 0.15) is 25.7 Å². The number of aromatic nitrogens is 2. The molecule has 0 atom stereocenters. The fraction of sp³-hybridized carbons (Fsp3) is 0.333. The van der Waals surface area contributed by atoms with Gasteiger partial charge in [-0.15, -0.1) is 0 Å². The van der Waals surface area contributed by atoms with Gasteiger partial charge in [-0.25, -0.2) is 0 Å². The molecule has 1 heterocycles. The van der Waals surface area contributed by atoms with Crippen molar-refractivity contribution in [1.82, 2.24) is 10.1 Å². The summed E-state index contributed by atoms with van der Waals surface area (Å²) in [4.78, 5) is 4.30. The topological polar surface area (TPSA) is 74.2 Å². The first kappa shape index (κ1) is 11.4. The van der Waals surface area contributed by atoms with E-state index in [9.17, 15) is 0 Å². The van der Waals surface area contributed by atoms with Gasteiger partial charge in [-0.1, -0.05) is 19.0 Å². The maximum Gasteiger partial charge on any atom is 0.229 e. The third-order valence-electron chi connectivity index (χ3n) is 2.44. The molecule has 90 valence electrons. The van der Waals surface area contributed by atoms with Crippen molar-refractivity contribution in [3.63, 3.8) is 0 Å². The molecule has 2 N–H and O–H groups in total. The van der Waals surface area contributed by atoms with Crippen LogP contribution in [0.3, 0.4) is 0 Å². The zero-order chi connectivity index (χ0) is 12.4. The molecule has 0 aliphatic heterocycles. The highest BCUT2D eigenvalue weighted by molar-refractivity contribution is 5.72. The van der Waals surface area contributed by atoms with Crippen LogP contribution >= 0.6 is 0 Å². The maximum atomic E-state index is 5.91. The molecule has 5 nitrogen and oxygen atoms in total. The SMILES string of the molecule is COc1ccc(-c2noc(C(C)C)n2)c(N)c1. The normalized spacial score (nSPS) is 10.8. The summed E-state index contributed by atoms with van der Waals surface area (Å²) in [7, 11) is 1.60. The zero-order valence-electron chi connectivity index (χ0n) is 10.1. The van der Waals surface area contributed by atoms with Gasteiger partial charge in [0.2, 0.25) is 11.7 Å². The average molecular weight is 233 g/mol. The molecule has 1 aromatic heterocycles. The highest BCUT2D eigenvalue weighted by Gasteiger charge is 2.13. The van der Waals surface area contributed by atoms with Gasteiger partial charge in [0, 0.05) is 23.2 Å². The number of hydrogen-bond acceptors (Lipinski definition) is 5. The summed E-state index contributed by atoms with van der Waals surface area (Å²) in [6, 6.07) is 5.38. The number of hydrogen-bond donors (Lipinski definition) is 1. The van der Waals surface area contributed by atoms with Crippen molar-refractivity contribution in [3.8, 4) is 17.1 Å². The molecule has 1 aromatic carbocycles. The van der Waals surface area contributed by atoms with E-state index in [2.05, 4.69) is 10.1 Å². The lowest BCUT2D eigenvalue weighted by Crippen LogP contribution is -1.93. The second kappa shape index (κ2) is 4.45. The molecule has 5 heteroatoms. The standard InChI is InChI=1S/C12H15N3O2/c1-7(2)12-14-11(15-17-12)9-5-4-8(16-3)6-10(9)13/h4-7H,13H2,1-3H3. The van der Waals surface area contributed by atoms with Crippen LogP contribution in [0.5, 0.6) is 5.75 Å². The molecule has 2 rings (SSSR count). The largest absolute Gasteiger partial charge is 0.497 e. The summed E-state index contributed by atoms with van der Waals surface area (Å²) in [5, 5.41) is 3.92. The Hall–Kier alpha value is -2.04. The van der Waals surface area contributed by atoms with Crippen molar-refractivity contribution in [2.45, 2.75) is 19.8 Å². The van der Waals surface area contributed by atoms with Gasteiger partial charge >= 0.3 is 0 Å². The molecule has 0 aliphatic rings. The minimum absolute atomic E-state index is 0.204. The van der Waals surface area contributed by atoms with Gasteiger partial charge in [-0.05, 0) is 12.1 Å². The van der Waals surface area contributed by atoms with Gasteiger partial charge in [0.25, 0.3) is 0 Å². The lowest BCUT2D eigenvalue weighted by molar-refractivity contribution is 0.365. The van der Waals surface area contributed by atoms with Gasteiger partial charge in [0.1, 0.15) is 5.75 Å².